The van der Waals surface area contributed by atoms with Crippen LogP contribution in [0, 0.1) is 0 Å². The van der Waals surface area contributed by atoms with Crippen LogP contribution in [-0.4, -0.2) is 30.9 Å². The monoisotopic (exact) mass is 485 g/mol. The first-order valence-corrected chi connectivity index (χ1v) is 12.6. The second kappa shape index (κ2) is 7.46. The molecule has 0 amide bonds. The number of nitrogens with zero attached hydrogens (tertiary/aromatic N) is 5. The van der Waals surface area contributed by atoms with Crippen LogP contribution in [0.3, 0.4) is 0 Å². The lowest BCUT2D eigenvalue weighted by Crippen LogP contribution is -2.33. The molecule has 8 nitrogen and oxygen atoms in total. The Balaban J connectivity index is 1.32. The van der Waals surface area contributed by atoms with Gasteiger partial charge in [-0.25, -0.2) is 28.7 Å². The van der Waals surface area contributed by atoms with Crippen molar-refractivity contribution >= 4 is 22.4 Å². The highest BCUT2D eigenvalue weighted by Gasteiger charge is 2.46. The number of hydrogen-bond acceptors (Lipinski definition) is 6. The summed E-state index contributed by atoms with van der Waals surface area (Å²) in [7, 11) is 0. The summed E-state index contributed by atoms with van der Waals surface area (Å²) in [6, 6.07) is 10.2. The predicted molar refractivity (Wildman–Crippen MR) is 136 cm³/mol. The Morgan fingerprint density at radius 3 is 2.75 bits per heavy atom. The molecular formula is C27H28FN7O. The summed E-state index contributed by atoms with van der Waals surface area (Å²) >= 11 is 0. The van der Waals surface area contributed by atoms with Crippen LogP contribution in [0.1, 0.15) is 62.5 Å². The van der Waals surface area contributed by atoms with Gasteiger partial charge in [0.05, 0.1) is 16.9 Å². The number of hydrogen-bond donors (Lipinski definition) is 2. The van der Waals surface area contributed by atoms with Gasteiger partial charge in [0.25, 0.3) is 5.56 Å². The molecule has 9 heteroatoms. The van der Waals surface area contributed by atoms with Crippen molar-refractivity contribution in [1.82, 2.24) is 29.6 Å². The van der Waals surface area contributed by atoms with Gasteiger partial charge in [-0.05, 0) is 62.8 Å². The molecule has 2 N–H and O–H groups in total. The molecule has 1 aromatic carbocycles. The Kier molecular flexibility index (Phi) is 4.49. The summed E-state index contributed by atoms with van der Waals surface area (Å²) in [6.07, 6.45) is 7.50. The van der Waals surface area contributed by atoms with Crippen LogP contribution in [0.2, 0.25) is 0 Å². The minimum Gasteiger partial charge on any atom is -0.340 e. The third kappa shape index (κ3) is 3.44. The van der Waals surface area contributed by atoms with Gasteiger partial charge < -0.3 is 10.6 Å². The first-order valence-electron chi connectivity index (χ1n) is 12.6. The molecular weight excluding hydrogens is 457 g/mol. The molecule has 0 bridgehead atoms. The fourth-order valence-electron chi connectivity index (χ4n) is 5.43. The second-order valence-electron chi connectivity index (χ2n) is 10.9. The van der Waals surface area contributed by atoms with E-state index in [-0.39, 0.29) is 17.4 Å². The summed E-state index contributed by atoms with van der Waals surface area (Å²) in [5, 5.41) is 7.49. The highest BCUT2D eigenvalue weighted by molar-refractivity contribution is 5.82. The van der Waals surface area contributed by atoms with Crippen LogP contribution in [0.25, 0.3) is 16.7 Å². The van der Waals surface area contributed by atoms with Crippen molar-refractivity contribution in [3.63, 3.8) is 0 Å². The van der Waals surface area contributed by atoms with Gasteiger partial charge in [0.15, 0.2) is 17.3 Å². The van der Waals surface area contributed by atoms with Crippen LogP contribution in [0.5, 0.6) is 0 Å². The number of fused-ring (bicyclic) bond motifs is 3. The van der Waals surface area contributed by atoms with Gasteiger partial charge in [0, 0.05) is 48.7 Å². The zero-order chi connectivity index (χ0) is 24.7. The summed E-state index contributed by atoms with van der Waals surface area (Å²) in [6.45, 7) is 4.78. The molecule has 36 heavy (non-hydrogen) atoms. The van der Waals surface area contributed by atoms with Crippen molar-refractivity contribution < 1.29 is 4.39 Å². The smallest absolute Gasteiger partial charge is 0.276 e. The predicted octanol–water partition coefficient (Wildman–Crippen LogP) is 4.40. The lowest BCUT2D eigenvalue weighted by Gasteiger charge is -2.26. The molecule has 184 valence electrons. The summed E-state index contributed by atoms with van der Waals surface area (Å²) in [5.74, 6) is 1.19. The Morgan fingerprint density at radius 1 is 1.17 bits per heavy atom. The standard InChI is InChI=1S/C27H28FN7O/c1-26(2,28)25-30-10-7-23(33-25)35-21-12-22(31-14-19(21)24(36)34(35)18-4-5-18)32-17-3-6-20-16(11-17)13-29-15-27(20)8-9-27/h3,6-7,10-12,14,18,29H,4-5,8-9,13,15H2,1-2H3,(H,31,32). The number of aromatic nitrogens is 5. The number of halogens is 1. The van der Waals surface area contributed by atoms with E-state index >= 15 is 0 Å². The van der Waals surface area contributed by atoms with Gasteiger partial charge in [0.2, 0.25) is 0 Å². The quantitative estimate of drug-likeness (QED) is 0.436. The van der Waals surface area contributed by atoms with Crippen LogP contribution >= 0.6 is 0 Å². The largest absolute Gasteiger partial charge is 0.340 e. The number of alkyl halides is 1. The highest BCUT2D eigenvalue weighted by Crippen LogP contribution is 2.50. The molecule has 3 aromatic heterocycles. The van der Waals surface area contributed by atoms with E-state index in [1.54, 1.807) is 27.8 Å². The maximum absolute atomic E-state index is 14.7. The highest BCUT2D eigenvalue weighted by atomic mass is 19.1. The molecule has 2 saturated carbocycles. The van der Waals surface area contributed by atoms with Gasteiger partial charge in [-0.3, -0.25) is 4.79 Å². The van der Waals surface area contributed by atoms with Gasteiger partial charge in [-0.2, -0.15) is 0 Å². The second-order valence-corrected chi connectivity index (χ2v) is 10.9. The molecule has 4 heterocycles. The van der Waals surface area contributed by atoms with E-state index in [2.05, 4.69) is 43.8 Å². The van der Waals surface area contributed by atoms with Crippen molar-refractivity contribution in [2.45, 2.75) is 63.2 Å². The first-order chi connectivity index (χ1) is 17.3. The van der Waals surface area contributed by atoms with Gasteiger partial charge >= 0.3 is 0 Å². The molecule has 3 aliphatic rings. The average molecular weight is 486 g/mol. The Labute approximate surface area is 207 Å². The molecule has 0 unspecified atom stereocenters. The normalized spacial score (nSPS) is 18.4. The molecule has 2 aliphatic carbocycles. The molecule has 0 saturated heterocycles. The summed E-state index contributed by atoms with van der Waals surface area (Å²) in [4.78, 5) is 26.5. The Bertz CT molecular complexity index is 1570. The van der Waals surface area contributed by atoms with Crippen molar-refractivity contribution in [2.24, 2.45) is 0 Å². The molecule has 0 radical (unpaired) electrons. The van der Waals surface area contributed by atoms with E-state index < -0.39 is 5.67 Å². The van der Waals surface area contributed by atoms with E-state index in [4.69, 9.17) is 0 Å². The van der Waals surface area contributed by atoms with Crippen molar-refractivity contribution in [1.29, 1.82) is 0 Å². The van der Waals surface area contributed by atoms with Gasteiger partial charge in [-0.15, -0.1) is 0 Å². The van der Waals surface area contributed by atoms with Crippen molar-refractivity contribution in [3.05, 3.63) is 70.0 Å². The number of pyridine rings is 1. The lowest BCUT2D eigenvalue weighted by atomic mass is 9.88. The van der Waals surface area contributed by atoms with Gasteiger partial charge in [0.1, 0.15) is 5.82 Å². The third-order valence-electron chi connectivity index (χ3n) is 7.63. The minimum atomic E-state index is -1.70. The molecule has 0 atom stereocenters. The number of benzene rings is 1. The van der Waals surface area contributed by atoms with E-state index in [0.29, 0.717) is 28.0 Å². The zero-order valence-corrected chi connectivity index (χ0v) is 20.4. The molecule has 2 fully saturated rings. The third-order valence-corrected chi connectivity index (χ3v) is 7.63. The van der Waals surface area contributed by atoms with Crippen molar-refractivity contribution in [2.75, 3.05) is 11.9 Å². The van der Waals surface area contributed by atoms with E-state index in [9.17, 15) is 9.18 Å². The SMILES string of the molecule is CC(C)(F)c1nccc(-n2c3cc(Nc4ccc5c(c4)CNCC54CC4)ncc3c(=O)n2C2CC2)n1. The van der Waals surface area contributed by atoms with E-state index in [1.807, 2.05) is 6.07 Å². The number of nitrogens with one attached hydrogen (secondary N) is 2. The Hall–Kier alpha value is -3.59. The Morgan fingerprint density at radius 2 is 2.00 bits per heavy atom. The summed E-state index contributed by atoms with van der Waals surface area (Å²) in [5.41, 5.74) is 2.94. The first kappa shape index (κ1) is 21.7. The average Bonchev–Trinajstić information content (AvgIpc) is 3.79. The zero-order valence-electron chi connectivity index (χ0n) is 20.4. The van der Waals surface area contributed by atoms with Crippen LogP contribution < -0.4 is 16.2 Å². The van der Waals surface area contributed by atoms with Crippen LogP contribution in [-0.2, 0) is 17.6 Å². The number of anilines is 2. The lowest BCUT2D eigenvalue weighted by molar-refractivity contribution is 0.206. The fourth-order valence-corrected chi connectivity index (χ4v) is 5.43. The molecule has 4 aromatic rings. The fraction of sp³-hybridized carbons (Fsp3) is 0.407. The molecule has 1 spiro atoms. The summed E-state index contributed by atoms with van der Waals surface area (Å²) < 4.78 is 18.2. The molecule has 7 rings (SSSR count). The van der Waals surface area contributed by atoms with Crippen LogP contribution in [0.4, 0.5) is 15.9 Å². The van der Waals surface area contributed by atoms with Crippen LogP contribution in [0.15, 0.2) is 47.5 Å². The van der Waals surface area contributed by atoms with Crippen molar-refractivity contribution in [3.8, 4) is 5.82 Å². The maximum atomic E-state index is 14.7. The molecule has 1 aliphatic heterocycles. The number of rotatable bonds is 5. The van der Waals surface area contributed by atoms with E-state index in [1.165, 1.54) is 37.8 Å². The van der Waals surface area contributed by atoms with Gasteiger partial charge in [-0.1, -0.05) is 6.07 Å². The van der Waals surface area contributed by atoms with E-state index in [0.717, 1.165) is 31.6 Å². The topological polar surface area (TPSA) is 89.7 Å². The minimum absolute atomic E-state index is 0.0835. The maximum Gasteiger partial charge on any atom is 0.276 e.